The van der Waals surface area contributed by atoms with Crippen molar-refractivity contribution in [3.8, 4) is 6.07 Å². The average Bonchev–Trinajstić information content (AvgIpc) is 2.64. The van der Waals surface area contributed by atoms with Crippen LogP contribution in [0.1, 0.15) is 18.4 Å². The molecule has 1 aliphatic heterocycles. The Morgan fingerprint density at radius 3 is 2.08 bits per heavy atom. The number of benzene rings is 1. The topological polar surface area (TPSA) is 52.0 Å². The molecule has 0 bridgehead atoms. The Kier molecular flexibility index (Phi) is 4.74. The summed E-state index contributed by atoms with van der Waals surface area (Å²) in [6.45, 7) is 1.20. The van der Waals surface area contributed by atoms with Crippen molar-refractivity contribution in [2.24, 2.45) is 0 Å². The second-order valence-corrected chi connectivity index (χ2v) is 5.76. The Morgan fingerprint density at radius 2 is 1.56 bits per heavy atom. The van der Waals surface area contributed by atoms with Crippen molar-refractivity contribution in [3.05, 3.63) is 53.4 Å². The molecule has 8 heteroatoms. The molecule has 25 heavy (non-hydrogen) atoms. The molecule has 1 fully saturated rings. The predicted octanol–water partition coefficient (Wildman–Crippen LogP) is 3.59. The summed E-state index contributed by atoms with van der Waals surface area (Å²) in [5.41, 5.74) is 0.686. The molecule has 2 heterocycles. The highest BCUT2D eigenvalue weighted by atomic mass is 19.2. The molecular formula is C17H14F4N4. The summed E-state index contributed by atoms with van der Waals surface area (Å²) in [6.07, 6.45) is 1.06. The number of nitriles is 1. The third-order valence-corrected chi connectivity index (χ3v) is 4.20. The number of halogens is 4. The first-order valence-corrected chi connectivity index (χ1v) is 7.71. The molecule has 0 atom stereocenters. The van der Waals surface area contributed by atoms with Crippen LogP contribution >= 0.6 is 0 Å². The number of hydrogen-bond acceptors (Lipinski definition) is 4. The Morgan fingerprint density at radius 1 is 1.00 bits per heavy atom. The highest BCUT2D eigenvalue weighted by Crippen LogP contribution is 2.26. The van der Waals surface area contributed by atoms with E-state index in [-0.39, 0.29) is 6.04 Å². The second kappa shape index (κ2) is 6.97. The molecule has 1 N–H and O–H groups in total. The van der Waals surface area contributed by atoms with Gasteiger partial charge in [0.25, 0.3) is 11.9 Å². The van der Waals surface area contributed by atoms with E-state index in [1.54, 1.807) is 12.1 Å². The number of nitrogens with one attached hydrogen (secondary N) is 1. The van der Waals surface area contributed by atoms with E-state index >= 15 is 0 Å². The first-order valence-electron chi connectivity index (χ1n) is 7.71. The zero-order valence-electron chi connectivity index (χ0n) is 13.1. The van der Waals surface area contributed by atoms with Crippen LogP contribution < -0.4 is 10.2 Å². The predicted molar refractivity (Wildman–Crippen MR) is 84.1 cm³/mol. The van der Waals surface area contributed by atoms with Gasteiger partial charge in [0.15, 0.2) is 0 Å². The van der Waals surface area contributed by atoms with Crippen LogP contribution in [0.4, 0.5) is 28.9 Å². The molecule has 3 rings (SSSR count). The summed E-state index contributed by atoms with van der Waals surface area (Å²) >= 11 is 0. The lowest BCUT2D eigenvalue weighted by Gasteiger charge is -2.34. The first-order chi connectivity index (χ1) is 12.0. The quantitative estimate of drug-likeness (QED) is 0.679. The number of piperidine rings is 1. The van der Waals surface area contributed by atoms with Crippen LogP contribution in [0, 0.1) is 34.9 Å². The fourth-order valence-corrected chi connectivity index (χ4v) is 2.85. The standard InChI is InChI=1S/C17H14F4N4/c18-13-15(14(19)17(21)24-16(13)20)23-11-5-7-25(8-6-11)12-3-1-10(9-22)2-4-12/h1-4,11H,5-8H2,(H,23,24). The molecule has 0 unspecified atom stereocenters. The van der Waals surface area contributed by atoms with Crippen molar-refractivity contribution in [2.45, 2.75) is 18.9 Å². The van der Waals surface area contributed by atoms with Crippen molar-refractivity contribution < 1.29 is 17.6 Å². The number of pyridine rings is 1. The molecule has 1 saturated heterocycles. The van der Waals surface area contributed by atoms with E-state index in [4.69, 9.17) is 5.26 Å². The Bertz CT molecular complexity index is 783. The lowest BCUT2D eigenvalue weighted by atomic mass is 10.0. The zero-order chi connectivity index (χ0) is 18.0. The summed E-state index contributed by atoms with van der Waals surface area (Å²) in [5, 5.41) is 11.4. The van der Waals surface area contributed by atoms with Gasteiger partial charge in [0.2, 0.25) is 11.6 Å². The SMILES string of the molecule is N#Cc1ccc(N2CCC(Nc3c(F)c(F)nc(F)c3F)CC2)cc1. The van der Waals surface area contributed by atoms with E-state index < -0.39 is 29.2 Å². The van der Waals surface area contributed by atoms with Gasteiger partial charge in [-0.15, -0.1) is 0 Å². The van der Waals surface area contributed by atoms with Gasteiger partial charge >= 0.3 is 0 Å². The summed E-state index contributed by atoms with van der Waals surface area (Å²) in [5.74, 6) is -6.38. The zero-order valence-corrected chi connectivity index (χ0v) is 13.1. The van der Waals surface area contributed by atoms with Crippen LogP contribution in [0.3, 0.4) is 0 Å². The molecule has 0 aliphatic carbocycles. The summed E-state index contributed by atoms with van der Waals surface area (Å²) in [4.78, 5) is 4.61. The highest BCUT2D eigenvalue weighted by molar-refractivity contribution is 5.51. The van der Waals surface area contributed by atoms with Crippen molar-refractivity contribution in [3.63, 3.8) is 0 Å². The number of nitrogens with zero attached hydrogens (tertiary/aromatic N) is 3. The minimum Gasteiger partial charge on any atom is -0.377 e. The van der Waals surface area contributed by atoms with Crippen LogP contribution in [0.2, 0.25) is 0 Å². The molecular weight excluding hydrogens is 336 g/mol. The normalized spacial score (nSPS) is 15.1. The van der Waals surface area contributed by atoms with Crippen molar-refractivity contribution in [1.82, 2.24) is 4.98 Å². The van der Waals surface area contributed by atoms with Crippen molar-refractivity contribution in [1.29, 1.82) is 5.26 Å². The number of anilines is 2. The molecule has 1 aliphatic rings. The lowest BCUT2D eigenvalue weighted by molar-refractivity contribution is 0.407. The molecule has 4 nitrogen and oxygen atoms in total. The molecule has 1 aromatic heterocycles. The van der Waals surface area contributed by atoms with E-state index in [0.29, 0.717) is 31.5 Å². The van der Waals surface area contributed by atoms with Gasteiger partial charge in [0, 0.05) is 24.8 Å². The van der Waals surface area contributed by atoms with E-state index in [2.05, 4.69) is 15.2 Å². The van der Waals surface area contributed by atoms with Crippen LogP contribution in [0.15, 0.2) is 24.3 Å². The van der Waals surface area contributed by atoms with Gasteiger partial charge in [0.1, 0.15) is 5.69 Å². The second-order valence-electron chi connectivity index (χ2n) is 5.76. The summed E-state index contributed by atoms with van der Waals surface area (Å²) in [6, 6.07) is 8.82. The molecule has 0 radical (unpaired) electrons. The Hall–Kier alpha value is -2.82. The maximum Gasteiger partial charge on any atom is 0.253 e. The van der Waals surface area contributed by atoms with Gasteiger partial charge in [-0.2, -0.15) is 27.8 Å². The molecule has 2 aromatic rings. The van der Waals surface area contributed by atoms with Gasteiger partial charge in [-0.1, -0.05) is 0 Å². The monoisotopic (exact) mass is 350 g/mol. The minimum absolute atomic E-state index is 0.320. The maximum absolute atomic E-state index is 13.7. The minimum atomic E-state index is -1.67. The van der Waals surface area contributed by atoms with Gasteiger partial charge in [-0.3, -0.25) is 0 Å². The largest absolute Gasteiger partial charge is 0.377 e. The third-order valence-electron chi connectivity index (χ3n) is 4.20. The van der Waals surface area contributed by atoms with Gasteiger partial charge in [-0.05, 0) is 37.1 Å². The Balaban J connectivity index is 1.66. The summed E-state index contributed by atoms with van der Waals surface area (Å²) in [7, 11) is 0. The van der Waals surface area contributed by atoms with Crippen LogP contribution in [0.5, 0.6) is 0 Å². The molecule has 0 saturated carbocycles. The van der Waals surface area contributed by atoms with E-state index in [1.165, 1.54) is 0 Å². The first kappa shape index (κ1) is 17.0. The third kappa shape index (κ3) is 3.50. The molecule has 1 aromatic carbocycles. The summed E-state index contributed by atoms with van der Waals surface area (Å²) < 4.78 is 53.6. The lowest BCUT2D eigenvalue weighted by Crippen LogP contribution is -2.39. The van der Waals surface area contributed by atoms with Crippen LogP contribution in [0.25, 0.3) is 0 Å². The van der Waals surface area contributed by atoms with Gasteiger partial charge in [0.05, 0.1) is 11.6 Å². The Labute approximate surface area is 141 Å². The van der Waals surface area contributed by atoms with E-state index in [1.807, 2.05) is 18.2 Å². The van der Waals surface area contributed by atoms with Crippen LogP contribution in [-0.4, -0.2) is 24.1 Å². The molecule has 130 valence electrons. The number of rotatable bonds is 3. The molecule has 0 amide bonds. The average molecular weight is 350 g/mol. The molecule has 0 spiro atoms. The fraction of sp³-hybridized carbons (Fsp3) is 0.294. The fourth-order valence-electron chi connectivity index (χ4n) is 2.85. The highest BCUT2D eigenvalue weighted by Gasteiger charge is 2.25. The maximum atomic E-state index is 13.7. The number of aromatic nitrogens is 1. The number of hydrogen-bond donors (Lipinski definition) is 1. The van der Waals surface area contributed by atoms with Crippen LogP contribution in [-0.2, 0) is 0 Å². The smallest absolute Gasteiger partial charge is 0.253 e. The van der Waals surface area contributed by atoms with E-state index in [0.717, 1.165) is 5.69 Å². The van der Waals surface area contributed by atoms with Crippen molar-refractivity contribution >= 4 is 11.4 Å². The van der Waals surface area contributed by atoms with Gasteiger partial charge < -0.3 is 10.2 Å². The van der Waals surface area contributed by atoms with E-state index in [9.17, 15) is 17.6 Å². The van der Waals surface area contributed by atoms with Gasteiger partial charge in [-0.25, -0.2) is 0 Å². The van der Waals surface area contributed by atoms with Crippen molar-refractivity contribution in [2.75, 3.05) is 23.3 Å².